The number of nitrogens with zero attached hydrogens (tertiary/aromatic N) is 1. The Bertz CT molecular complexity index is 707. The van der Waals surface area contributed by atoms with Gasteiger partial charge in [0.25, 0.3) is 0 Å². The minimum absolute atomic E-state index is 0.143. The second kappa shape index (κ2) is 5.38. The number of benzene rings is 1. The SMILES string of the molecule is CC1=C(C#N)[C@H](c2ccc(Cl)cc2)C2=C(CCCC2=O)N1. The zero-order valence-corrected chi connectivity index (χ0v) is 12.5. The Morgan fingerprint density at radius 3 is 2.67 bits per heavy atom. The average molecular weight is 299 g/mol. The van der Waals surface area contributed by atoms with Crippen LogP contribution in [0.1, 0.15) is 37.7 Å². The van der Waals surface area contributed by atoms with Gasteiger partial charge in [-0.25, -0.2) is 0 Å². The highest BCUT2D eigenvalue weighted by Crippen LogP contribution is 2.41. The molecule has 3 rings (SSSR count). The molecule has 0 unspecified atom stereocenters. The predicted molar refractivity (Wildman–Crippen MR) is 81.5 cm³/mol. The van der Waals surface area contributed by atoms with Gasteiger partial charge in [-0.2, -0.15) is 5.26 Å². The molecule has 3 nitrogen and oxygen atoms in total. The van der Waals surface area contributed by atoms with Gasteiger partial charge in [0.05, 0.1) is 17.6 Å². The van der Waals surface area contributed by atoms with Crippen LogP contribution in [-0.4, -0.2) is 5.78 Å². The molecule has 1 aromatic rings. The first-order valence-electron chi connectivity index (χ1n) is 7.01. The molecule has 1 heterocycles. The van der Waals surface area contributed by atoms with Gasteiger partial charge in [-0.05, 0) is 37.5 Å². The predicted octanol–water partition coefficient (Wildman–Crippen LogP) is 3.83. The Morgan fingerprint density at radius 2 is 2.00 bits per heavy atom. The van der Waals surface area contributed by atoms with Crippen LogP contribution in [0.5, 0.6) is 0 Å². The smallest absolute Gasteiger partial charge is 0.161 e. The molecule has 0 fully saturated rings. The van der Waals surface area contributed by atoms with E-state index in [1.54, 1.807) is 12.1 Å². The van der Waals surface area contributed by atoms with Crippen LogP contribution in [0.15, 0.2) is 46.8 Å². The molecule has 21 heavy (non-hydrogen) atoms. The van der Waals surface area contributed by atoms with Gasteiger partial charge in [0.1, 0.15) is 0 Å². The van der Waals surface area contributed by atoms with E-state index in [0.717, 1.165) is 35.4 Å². The molecule has 1 atom stereocenters. The van der Waals surface area contributed by atoms with Gasteiger partial charge >= 0.3 is 0 Å². The number of carbonyl (C=O) groups is 1. The maximum Gasteiger partial charge on any atom is 0.161 e. The minimum atomic E-state index is -0.267. The van der Waals surface area contributed by atoms with E-state index in [9.17, 15) is 10.1 Å². The number of allylic oxidation sites excluding steroid dienone is 4. The van der Waals surface area contributed by atoms with Crippen molar-refractivity contribution in [1.82, 2.24) is 5.32 Å². The molecule has 0 amide bonds. The third kappa shape index (κ3) is 2.36. The van der Waals surface area contributed by atoms with E-state index >= 15 is 0 Å². The highest BCUT2D eigenvalue weighted by molar-refractivity contribution is 6.30. The zero-order valence-electron chi connectivity index (χ0n) is 11.7. The molecular weight excluding hydrogens is 284 g/mol. The van der Waals surface area contributed by atoms with Crippen molar-refractivity contribution in [2.45, 2.75) is 32.1 Å². The van der Waals surface area contributed by atoms with Crippen molar-refractivity contribution in [3.05, 3.63) is 57.4 Å². The normalized spacial score (nSPS) is 21.8. The average Bonchev–Trinajstić information content (AvgIpc) is 2.47. The Labute approximate surface area is 128 Å². The summed E-state index contributed by atoms with van der Waals surface area (Å²) >= 11 is 5.95. The fourth-order valence-corrected chi connectivity index (χ4v) is 3.25. The first kappa shape index (κ1) is 13.9. The molecule has 0 saturated carbocycles. The van der Waals surface area contributed by atoms with Crippen LogP contribution in [0.3, 0.4) is 0 Å². The largest absolute Gasteiger partial charge is 0.361 e. The van der Waals surface area contributed by atoms with E-state index in [4.69, 9.17) is 11.6 Å². The van der Waals surface area contributed by atoms with Crippen molar-refractivity contribution < 1.29 is 4.79 Å². The molecule has 0 radical (unpaired) electrons. The number of Topliss-reactive ketones (excluding diaryl/α,β-unsaturated/α-hetero) is 1. The van der Waals surface area contributed by atoms with E-state index < -0.39 is 0 Å². The van der Waals surface area contributed by atoms with Gasteiger partial charge in [-0.15, -0.1) is 0 Å². The molecular formula is C17H15ClN2O. The third-order valence-electron chi connectivity index (χ3n) is 4.10. The summed E-state index contributed by atoms with van der Waals surface area (Å²) in [6, 6.07) is 9.67. The molecule has 106 valence electrons. The summed E-state index contributed by atoms with van der Waals surface area (Å²) in [5.41, 5.74) is 4.13. The van der Waals surface area contributed by atoms with E-state index in [-0.39, 0.29) is 11.7 Å². The summed E-state index contributed by atoms with van der Waals surface area (Å²) < 4.78 is 0. The number of nitriles is 1. The van der Waals surface area contributed by atoms with Crippen LogP contribution in [0, 0.1) is 11.3 Å². The van der Waals surface area contributed by atoms with Crippen molar-refractivity contribution in [3.63, 3.8) is 0 Å². The number of hydrogen-bond donors (Lipinski definition) is 1. The Hall–Kier alpha value is -2.05. The third-order valence-corrected chi connectivity index (χ3v) is 4.35. The second-order valence-electron chi connectivity index (χ2n) is 5.43. The number of dihydropyridines is 1. The topological polar surface area (TPSA) is 52.9 Å². The molecule has 1 aliphatic carbocycles. The lowest BCUT2D eigenvalue weighted by atomic mass is 9.76. The Balaban J connectivity index is 2.17. The Kier molecular flexibility index (Phi) is 3.57. The monoisotopic (exact) mass is 298 g/mol. The van der Waals surface area contributed by atoms with E-state index in [2.05, 4.69) is 11.4 Å². The van der Waals surface area contributed by atoms with Crippen molar-refractivity contribution in [3.8, 4) is 6.07 Å². The molecule has 1 aromatic carbocycles. The molecule has 2 aliphatic rings. The van der Waals surface area contributed by atoms with E-state index in [1.807, 2.05) is 19.1 Å². The lowest BCUT2D eigenvalue weighted by Crippen LogP contribution is -2.31. The summed E-state index contributed by atoms with van der Waals surface area (Å²) in [6.45, 7) is 1.89. The number of hydrogen-bond acceptors (Lipinski definition) is 3. The quantitative estimate of drug-likeness (QED) is 0.857. The number of nitrogens with one attached hydrogen (secondary N) is 1. The number of carbonyl (C=O) groups excluding carboxylic acids is 1. The number of rotatable bonds is 1. The van der Waals surface area contributed by atoms with E-state index in [1.165, 1.54) is 0 Å². The van der Waals surface area contributed by atoms with Crippen LogP contribution < -0.4 is 5.32 Å². The molecule has 4 heteroatoms. The molecule has 1 aliphatic heterocycles. The maximum atomic E-state index is 12.4. The highest BCUT2D eigenvalue weighted by Gasteiger charge is 2.35. The van der Waals surface area contributed by atoms with Gasteiger partial charge in [-0.1, -0.05) is 23.7 Å². The minimum Gasteiger partial charge on any atom is -0.361 e. The summed E-state index contributed by atoms with van der Waals surface area (Å²) in [7, 11) is 0. The van der Waals surface area contributed by atoms with Crippen molar-refractivity contribution in [2.75, 3.05) is 0 Å². The first-order chi connectivity index (χ1) is 10.1. The molecule has 0 spiro atoms. The van der Waals surface area contributed by atoms with Gasteiger partial charge in [0, 0.05) is 28.4 Å². The van der Waals surface area contributed by atoms with Crippen molar-refractivity contribution >= 4 is 17.4 Å². The van der Waals surface area contributed by atoms with Crippen LogP contribution in [0.4, 0.5) is 0 Å². The number of ketones is 1. The lowest BCUT2D eigenvalue weighted by molar-refractivity contribution is -0.116. The highest BCUT2D eigenvalue weighted by atomic mass is 35.5. The van der Waals surface area contributed by atoms with Crippen molar-refractivity contribution in [2.24, 2.45) is 0 Å². The second-order valence-corrected chi connectivity index (χ2v) is 5.87. The fraction of sp³-hybridized carbons (Fsp3) is 0.294. The zero-order chi connectivity index (χ0) is 15.0. The fourth-order valence-electron chi connectivity index (χ4n) is 3.12. The summed E-state index contributed by atoms with van der Waals surface area (Å²) in [5.74, 6) is -0.125. The Morgan fingerprint density at radius 1 is 1.29 bits per heavy atom. The number of halogens is 1. The molecule has 0 bridgehead atoms. The lowest BCUT2D eigenvalue weighted by Gasteiger charge is -2.32. The van der Waals surface area contributed by atoms with Crippen LogP contribution in [-0.2, 0) is 4.79 Å². The van der Waals surface area contributed by atoms with Gasteiger partial charge in [0.2, 0.25) is 0 Å². The summed E-state index contributed by atoms with van der Waals surface area (Å²) in [4.78, 5) is 12.4. The van der Waals surface area contributed by atoms with Gasteiger partial charge < -0.3 is 5.32 Å². The molecule has 0 aromatic heterocycles. The molecule has 0 saturated heterocycles. The van der Waals surface area contributed by atoms with Gasteiger partial charge in [-0.3, -0.25) is 4.79 Å². The molecule has 1 N–H and O–H groups in total. The van der Waals surface area contributed by atoms with Crippen LogP contribution in [0.2, 0.25) is 5.02 Å². The van der Waals surface area contributed by atoms with Crippen molar-refractivity contribution in [1.29, 1.82) is 5.26 Å². The van der Waals surface area contributed by atoms with Crippen LogP contribution >= 0.6 is 11.6 Å². The van der Waals surface area contributed by atoms with E-state index in [0.29, 0.717) is 17.0 Å². The standard InChI is InChI=1S/C17H15ClN2O/c1-10-13(9-19)16(11-5-7-12(18)8-6-11)17-14(20-10)3-2-4-15(17)21/h5-8,16,20H,2-4H2,1H3/t16-/m0/s1. The maximum absolute atomic E-state index is 12.4. The first-order valence-corrected chi connectivity index (χ1v) is 7.39. The van der Waals surface area contributed by atoms with Crippen LogP contribution in [0.25, 0.3) is 0 Å². The summed E-state index contributed by atoms with van der Waals surface area (Å²) in [5, 5.41) is 13.4. The summed E-state index contributed by atoms with van der Waals surface area (Å²) in [6.07, 6.45) is 2.29. The van der Waals surface area contributed by atoms with Gasteiger partial charge in [0.15, 0.2) is 5.78 Å².